The fraction of sp³-hybridized carbons (Fsp3) is 0.750. The lowest BCUT2D eigenvalue weighted by atomic mass is 9.96. The Hall–Kier alpha value is -0.590. The number of rotatable bonds is 4. The van der Waals surface area contributed by atoms with E-state index in [1.807, 2.05) is 6.92 Å². The number of hydrogen-bond donors (Lipinski definition) is 0. The summed E-state index contributed by atoms with van der Waals surface area (Å²) in [4.78, 5) is 11.7. The predicted molar refractivity (Wildman–Crippen MR) is 55.6 cm³/mol. The van der Waals surface area contributed by atoms with E-state index in [1.54, 1.807) is 0 Å². The summed E-state index contributed by atoms with van der Waals surface area (Å²) in [5.74, 6) is 1.60. The van der Waals surface area contributed by atoms with Crippen LogP contribution in [-0.4, -0.2) is 5.78 Å². The molecule has 0 amide bonds. The maximum atomic E-state index is 11.7. The van der Waals surface area contributed by atoms with Gasteiger partial charge in [0.1, 0.15) is 5.78 Å². The quantitative estimate of drug-likeness (QED) is 0.606. The molecule has 0 saturated heterocycles. The van der Waals surface area contributed by atoms with Gasteiger partial charge in [-0.2, -0.15) is 0 Å². The summed E-state index contributed by atoms with van der Waals surface area (Å²) in [6, 6.07) is 0. The van der Waals surface area contributed by atoms with Gasteiger partial charge in [0.25, 0.3) is 0 Å². The van der Waals surface area contributed by atoms with Gasteiger partial charge in [-0.15, -0.1) is 6.58 Å². The highest BCUT2D eigenvalue weighted by molar-refractivity contribution is 5.81. The van der Waals surface area contributed by atoms with E-state index < -0.39 is 0 Å². The summed E-state index contributed by atoms with van der Waals surface area (Å²) < 4.78 is 0. The van der Waals surface area contributed by atoms with E-state index in [-0.39, 0.29) is 0 Å². The minimum atomic E-state index is 0.370. The maximum Gasteiger partial charge on any atom is 0.136 e. The summed E-state index contributed by atoms with van der Waals surface area (Å²) >= 11 is 0. The first-order chi connectivity index (χ1) is 6.09. The molecule has 74 valence electrons. The van der Waals surface area contributed by atoms with Crippen LogP contribution in [0, 0.1) is 11.8 Å². The van der Waals surface area contributed by atoms with E-state index in [0.717, 1.165) is 30.8 Å². The molecule has 0 aromatic carbocycles. The minimum absolute atomic E-state index is 0.370. The number of Topliss-reactive ketones (excluding diaryl/α,β-unsaturated/α-hetero) is 1. The van der Waals surface area contributed by atoms with Gasteiger partial charge >= 0.3 is 0 Å². The van der Waals surface area contributed by atoms with Gasteiger partial charge in [0.15, 0.2) is 0 Å². The average molecular weight is 180 g/mol. The van der Waals surface area contributed by atoms with Crippen molar-refractivity contribution in [3.63, 3.8) is 0 Å². The molecule has 1 rings (SSSR count). The van der Waals surface area contributed by atoms with Crippen LogP contribution in [0.15, 0.2) is 12.2 Å². The van der Waals surface area contributed by atoms with Crippen LogP contribution in [0.3, 0.4) is 0 Å². The Labute approximate surface area is 81.2 Å². The highest BCUT2D eigenvalue weighted by Crippen LogP contribution is 2.31. The molecule has 0 aliphatic heterocycles. The summed E-state index contributed by atoms with van der Waals surface area (Å²) in [5, 5.41) is 0. The highest BCUT2D eigenvalue weighted by Gasteiger charge is 2.26. The maximum absolute atomic E-state index is 11.7. The van der Waals surface area contributed by atoms with Crippen molar-refractivity contribution in [3.8, 4) is 0 Å². The van der Waals surface area contributed by atoms with E-state index in [4.69, 9.17) is 0 Å². The van der Waals surface area contributed by atoms with Gasteiger partial charge in [-0.3, -0.25) is 4.79 Å². The van der Waals surface area contributed by atoms with Crippen molar-refractivity contribution in [2.75, 3.05) is 0 Å². The molecule has 0 heterocycles. The van der Waals surface area contributed by atoms with Crippen LogP contribution >= 0.6 is 0 Å². The molecule has 0 N–H and O–H groups in total. The molecular weight excluding hydrogens is 160 g/mol. The van der Waals surface area contributed by atoms with Crippen molar-refractivity contribution < 1.29 is 4.79 Å². The zero-order valence-corrected chi connectivity index (χ0v) is 8.81. The van der Waals surface area contributed by atoms with Gasteiger partial charge in [-0.25, -0.2) is 0 Å². The van der Waals surface area contributed by atoms with Crippen molar-refractivity contribution in [2.45, 2.75) is 46.0 Å². The summed E-state index contributed by atoms with van der Waals surface area (Å²) in [6.07, 6.45) is 5.07. The van der Waals surface area contributed by atoms with E-state index >= 15 is 0 Å². The first-order valence-electron chi connectivity index (χ1n) is 5.26. The van der Waals surface area contributed by atoms with Gasteiger partial charge in [0, 0.05) is 12.3 Å². The second-order valence-corrected chi connectivity index (χ2v) is 4.54. The van der Waals surface area contributed by atoms with Crippen molar-refractivity contribution in [1.82, 2.24) is 0 Å². The minimum Gasteiger partial charge on any atom is -0.299 e. The molecule has 0 aromatic rings. The zero-order valence-electron chi connectivity index (χ0n) is 8.81. The fourth-order valence-corrected chi connectivity index (χ4v) is 2.04. The molecule has 0 radical (unpaired) electrons. The van der Waals surface area contributed by atoms with Crippen molar-refractivity contribution in [3.05, 3.63) is 12.2 Å². The van der Waals surface area contributed by atoms with Gasteiger partial charge in [0.05, 0.1) is 0 Å². The van der Waals surface area contributed by atoms with E-state index in [9.17, 15) is 4.79 Å². The Balaban J connectivity index is 2.27. The Kier molecular flexibility index (Phi) is 3.71. The van der Waals surface area contributed by atoms with Crippen LogP contribution in [0.5, 0.6) is 0 Å². The third kappa shape index (κ3) is 3.33. The van der Waals surface area contributed by atoms with Crippen molar-refractivity contribution in [2.24, 2.45) is 11.8 Å². The molecule has 0 aromatic heterocycles. The number of carbonyl (C=O) groups is 1. The molecule has 2 atom stereocenters. The number of hydrogen-bond acceptors (Lipinski definition) is 1. The molecule has 1 fully saturated rings. The number of carbonyl (C=O) groups excluding carboxylic acids is 1. The Morgan fingerprint density at radius 1 is 1.38 bits per heavy atom. The van der Waals surface area contributed by atoms with E-state index in [0.29, 0.717) is 18.1 Å². The lowest BCUT2D eigenvalue weighted by Gasteiger charge is -2.07. The van der Waals surface area contributed by atoms with Crippen LogP contribution < -0.4 is 0 Å². The van der Waals surface area contributed by atoms with Crippen LogP contribution in [0.2, 0.25) is 0 Å². The molecule has 2 unspecified atom stereocenters. The second-order valence-electron chi connectivity index (χ2n) is 4.54. The summed E-state index contributed by atoms with van der Waals surface area (Å²) in [6.45, 7) is 8.05. The van der Waals surface area contributed by atoms with Gasteiger partial charge < -0.3 is 0 Å². The average Bonchev–Trinajstić information content (AvgIpc) is 2.47. The van der Waals surface area contributed by atoms with Crippen LogP contribution in [0.4, 0.5) is 0 Å². The van der Waals surface area contributed by atoms with E-state index in [2.05, 4.69) is 13.5 Å². The SMILES string of the molecule is C=C(C)CCC(=O)C1CCC(C)C1. The van der Waals surface area contributed by atoms with Gasteiger partial charge in [0.2, 0.25) is 0 Å². The highest BCUT2D eigenvalue weighted by atomic mass is 16.1. The Morgan fingerprint density at radius 2 is 2.08 bits per heavy atom. The van der Waals surface area contributed by atoms with Gasteiger partial charge in [-0.1, -0.05) is 12.5 Å². The third-order valence-electron chi connectivity index (χ3n) is 2.95. The molecule has 1 aliphatic carbocycles. The van der Waals surface area contributed by atoms with E-state index in [1.165, 1.54) is 6.42 Å². The smallest absolute Gasteiger partial charge is 0.136 e. The molecule has 13 heavy (non-hydrogen) atoms. The zero-order chi connectivity index (χ0) is 9.84. The molecule has 1 aliphatic rings. The Morgan fingerprint density at radius 3 is 2.54 bits per heavy atom. The monoisotopic (exact) mass is 180 g/mol. The molecule has 1 heteroatoms. The van der Waals surface area contributed by atoms with Crippen molar-refractivity contribution >= 4 is 5.78 Å². The third-order valence-corrected chi connectivity index (χ3v) is 2.95. The largest absolute Gasteiger partial charge is 0.299 e. The molecular formula is C12H20O. The lowest BCUT2D eigenvalue weighted by Crippen LogP contribution is -2.10. The Bertz CT molecular complexity index is 205. The van der Waals surface area contributed by atoms with Crippen LogP contribution in [-0.2, 0) is 4.79 Å². The molecule has 1 saturated carbocycles. The van der Waals surface area contributed by atoms with Crippen molar-refractivity contribution in [1.29, 1.82) is 0 Å². The predicted octanol–water partition coefficient (Wildman–Crippen LogP) is 3.35. The summed E-state index contributed by atoms with van der Waals surface area (Å²) in [7, 11) is 0. The second kappa shape index (κ2) is 4.59. The van der Waals surface area contributed by atoms with Crippen LogP contribution in [0.1, 0.15) is 46.0 Å². The lowest BCUT2D eigenvalue weighted by molar-refractivity contribution is -0.122. The molecule has 0 spiro atoms. The molecule has 0 bridgehead atoms. The first kappa shape index (κ1) is 10.5. The fourth-order valence-electron chi connectivity index (χ4n) is 2.04. The normalized spacial score (nSPS) is 27.5. The summed E-state index contributed by atoms with van der Waals surface area (Å²) in [5.41, 5.74) is 1.12. The first-order valence-corrected chi connectivity index (χ1v) is 5.26. The topological polar surface area (TPSA) is 17.1 Å². The van der Waals surface area contributed by atoms with Crippen LogP contribution in [0.25, 0.3) is 0 Å². The number of ketones is 1. The van der Waals surface area contributed by atoms with Gasteiger partial charge in [-0.05, 0) is 38.5 Å². The standard InChI is InChI=1S/C12H20O/c1-9(2)4-7-12(13)11-6-5-10(3)8-11/h10-11H,1,4-8H2,2-3H3. The molecule has 1 nitrogen and oxygen atoms in total. The number of allylic oxidation sites excluding steroid dienone is 1.